The van der Waals surface area contributed by atoms with Crippen molar-refractivity contribution < 1.29 is 53.0 Å². The number of hydrogen-bond acceptors (Lipinski definition) is 4. The van der Waals surface area contributed by atoms with Crippen LogP contribution >= 0.6 is 0 Å². The fourth-order valence-electron chi connectivity index (χ4n) is 3.99. The Bertz CT molecular complexity index is 1390. The van der Waals surface area contributed by atoms with Gasteiger partial charge in [-0.3, -0.25) is 0 Å². The zero-order valence-corrected chi connectivity index (χ0v) is 26.4. The summed E-state index contributed by atoms with van der Waals surface area (Å²) in [4.78, 5) is 0. The Labute approximate surface area is 262 Å². The highest BCUT2D eigenvalue weighted by Crippen LogP contribution is 2.39. The summed E-state index contributed by atoms with van der Waals surface area (Å²) in [7, 11) is -3.03. The molecule has 4 rings (SSSR count). The van der Waals surface area contributed by atoms with Gasteiger partial charge in [-0.1, -0.05) is 25.6 Å². The summed E-state index contributed by atoms with van der Waals surface area (Å²) in [5.74, 6) is -2.70. The third-order valence-electron chi connectivity index (χ3n) is 6.73. The van der Waals surface area contributed by atoms with Crippen molar-refractivity contribution in [2.45, 2.75) is 81.9 Å². The summed E-state index contributed by atoms with van der Waals surface area (Å²) in [6, 6.07) is 5.82. The normalized spacial score (nSPS) is 19.2. The highest BCUT2D eigenvalue weighted by atomic mass is 32.2. The lowest BCUT2D eigenvalue weighted by molar-refractivity contribution is -0.141. The number of alkyl halides is 6. The van der Waals surface area contributed by atoms with Gasteiger partial charge in [0.05, 0.1) is 69.0 Å². The van der Waals surface area contributed by atoms with Crippen LogP contribution in [0.4, 0.5) is 35.1 Å². The van der Waals surface area contributed by atoms with E-state index in [1.165, 1.54) is 12.1 Å². The fourth-order valence-corrected chi connectivity index (χ4v) is 5.78. The van der Waals surface area contributed by atoms with Gasteiger partial charge in [0.15, 0.2) is 0 Å². The van der Waals surface area contributed by atoms with E-state index < -0.39 is 77.7 Å². The predicted molar refractivity (Wildman–Crippen MR) is 157 cm³/mol. The first-order valence-corrected chi connectivity index (χ1v) is 15.5. The van der Waals surface area contributed by atoms with Crippen LogP contribution in [0.1, 0.15) is 71.2 Å². The van der Waals surface area contributed by atoms with Crippen LogP contribution in [0.3, 0.4) is 0 Å². The first-order chi connectivity index (χ1) is 19.9. The number of halogens is 8. The third kappa shape index (κ3) is 8.89. The second-order valence-corrected chi connectivity index (χ2v) is 16.4. The van der Waals surface area contributed by atoms with Crippen LogP contribution in [0.5, 0.6) is 0 Å². The van der Waals surface area contributed by atoms with Gasteiger partial charge in [0.1, 0.15) is 22.7 Å². The van der Waals surface area contributed by atoms with E-state index >= 15 is 0 Å². The van der Waals surface area contributed by atoms with E-state index in [1.54, 1.807) is 41.5 Å². The van der Waals surface area contributed by atoms with Gasteiger partial charge < -0.3 is 9.47 Å². The standard InChI is InChI=1S/2C14H17F4NO2S.CH4/c1-12(2,3)22(20)19-13(7-21-8-13)9-4-5-10(11(15)6-9)14(16,17)18;1-12(2,3)22(20)19-13(7-21-8-13)9-5-4-6-10(11(9)15)14(16,17)18;/h2*4-6,19H,7-8H2,1-3H3;1H4. The molecule has 0 amide bonds. The van der Waals surface area contributed by atoms with Crippen molar-refractivity contribution in [1.29, 1.82) is 0 Å². The van der Waals surface area contributed by atoms with Gasteiger partial charge in [-0.05, 0) is 65.3 Å². The average molecular weight is 695 g/mol. The molecule has 2 saturated heterocycles. The lowest BCUT2D eigenvalue weighted by Crippen LogP contribution is -2.60. The quantitative estimate of drug-likeness (QED) is 0.324. The predicted octanol–water partition coefficient (Wildman–Crippen LogP) is 6.88. The molecule has 2 aromatic carbocycles. The van der Waals surface area contributed by atoms with Gasteiger partial charge in [0.2, 0.25) is 0 Å². The monoisotopic (exact) mass is 694 g/mol. The minimum atomic E-state index is -4.78. The number of rotatable bonds is 6. The Morgan fingerprint density at radius 1 is 0.689 bits per heavy atom. The van der Waals surface area contributed by atoms with Crippen LogP contribution < -0.4 is 9.44 Å². The van der Waals surface area contributed by atoms with Gasteiger partial charge >= 0.3 is 12.4 Å². The molecule has 0 bridgehead atoms. The molecule has 45 heavy (non-hydrogen) atoms. The molecule has 0 radical (unpaired) electrons. The van der Waals surface area contributed by atoms with Crippen LogP contribution in [-0.2, 0) is 54.9 Å². The fraction of sp³-hybridized carbons (Fsp3) is 0.586. The van der Waals surface area contributed by atoms with E-state index in [1.807, 2.05) is 0 Å². The van der Waals surface area contributed by atoms with Crippen LogP contribution in [0.25, 0.3) is 0 Å². The van der Waals surface area contributed by atoms with Crippen molar-refractivity contribution in [2.24, 2.45) is 0 Å². The lowest BCUT2D eigenvalue weighted by Gasteiger charge is -2.43. The van der Waals surface area contributed by atoms with Crippen molar-refractivity contribution in [3.05, 3.63) is 70.3 Å². The minimum absolute atomic E-state index is 0. The third-order valence-corrected chi connectivity index (χ3v) is 10.1. The van der Waals surface area contributed by atoms with Crippen molar-refractivity contribution in [1.82, 2.24) is 9.44 Å². The van der Waals surface area contributed by atoms with Gasteiger partial charge in [-0.15, -0.1) is 0 Å². The number of ether oxygens (including phenoxy) is 2. The summed E-state index contributed by atoms with van der Waals surface area (Å²) < 4.78 is 143. The molecule has 2 aliphatic rings. The van der Waals surface area contributed by atoms with Crippen LogP contribution in [0, 0.1) is 11.6 Å². The maximum absolute atomic E-state index is 14.3. The zero-order valence-electron chi connectivity index (χ0n) is 24.8. The van der Waals surface area contributed by atoms with E-state index in [0.29, 0.717) is 17.7 Å². The molecule has 0 aliphatic carbocycles. The van der Waals surface area contributed by atoms with Gasteiger partial charge in [-0.25, -0.2) is 26.6 Å². The molecule has 0 spiro atoms. The summed E-state index contributed by atoms with van der Waals surface area (Å²) >= 11 is 0. The average Bonchev–Trinajstić information content (AvgIpc) is 2.81. The largest absolute Gasteiger partial charge is 0.419 e. The molecule has 6 nitrogen and oxygen atoms in total. The van der Waals surface area contributed by atoms with E-state index in [0.717, 1.165) is 12.1 Å². The number of nitrogens with one attached hydrogen (secondary N) is 2. The lowest BCUT2D eigenvalue weighted by atomic mass is 9.87. The molecule has 2 heterocycles. The summed E-state index contributed by atoms with van der Waals surface area (Å²) in [6.07, 6.45) is -9.53. The van der Waals surface area contributed by atoms with Gasteiger partial charge in [-0.2, -0.15) is 26.3 Å². The molecule has 2 fully saturated rings. The number of benzene rings is 2. The van der Waals surface area contributed by atoms with E-state index in [-0.39, 0.29) is 39.4 Å². The molecular formula is C29H38F8N2O4S2. The van der Waals surface area contributed by atoms with Gasteiger partial charge in [0.25, 0.3) is 0 Å². The van der Waals surface area contributed by atoms with E-state index in [2.05, 4.69) is 9.44 Å². The topological polar surface area (TPSA) is 76.7 Å². The Kier molecular flexibility index (Phi) is 11.9. The maximum atomic E-state index is 14.3. The maximum Gasteiger partial charge on any atom is 0.419 e. The van der Waals surface area contributed by atoms with Crippen molar-refractivity contribution in [3.63, 3.8) is 0 Å². The van der Waals surface area contributed by atoms with Crippen LogP contribution in [0.15, 0.2) is 36.4 Å². The summed E-state index contributed by atoms with van der Waals surface area (Å²) in [5, 5.41) is 0. The second kappa shape index (κ2) is 13.6. The first kappa shape index (κ1) is 39.2. The Morgan fingerprint density at radius 3 is 1.49 bits per heavy atom. The molecule has 256 valence electrons. The molecule has 2 N–H and O–H groups in total. The molecule has 0 saturated carbocycles. The highest BCUT2D eigenvalue weighted by molar-refractivity contribution is 7.84. The number of hydrogen-bond donors (Lipinski definition) is 2. The minimum Gasteiger partial charge on any atom is -0.377 e. The first-order valence-electron chi connectivity index (χ1n) is 13.2. The SMILES string of the molecule is C.CC(C)(C)S(=O)NC1(c2ccc(C(F)(F)F)c(F)c2)COC1.CC(C)(C)S(=O)NC1(c2cccc(C(F)(F)F)c2F)COC1. The Balaban J connectivity index is 0.000000307. The van der Waals surface area contributed by atoms with Crippen LogP contribution in [-0.4, -0.2) is 44.3 Å². The summed E-state index contributed by atoms with van der Waals surface area (Å²) in [6.45, 7) is 10.6. The van der Waals surface area contributed by atoms with E-state index in [4.69, 9.17) is 9.47 Å². The Morgan fingerprint density at radius 2 is 1.13 bits per heavy atom. The molecule has 2 aliphatic heterocycles. The van der Waals surface area contributed by atoms with Crippen molar-refractivity contribution >= 4 is 22.0 Å². The van der Waals surface area contributed by atoms with Crippen molar-refractivity contribution in [3.8, 4) is 0 Å². The van der Waals surface area contributed by atoms with Gasteiger partial charge in [0, 0.05) is 5.56 Å². The van der Waals surface area contributed by atoms with Crippen LogP contribution in [0.2, 0.25) is 0 Å². The highest BCUT2D eigenvalue weighted by Gasteiger charge is 2.48. The molecule has 16 heteroatoms. The molecule has 2 atom stereocenters. The second-order valence-electron chi connectivity index (χ2n) is 12.5. The molecular weight excluding hydrogens is 656 g/mol. The smallest absolute Gasteiger partial charge is 0.377 e. The van der Waals surface area contributed by atoms with E-state index in [9.17, 15) is 43.5 Å². The molecule has 2 aromatic rings. The Hall–Kier alpha value is -1.98. The van der Waals surface area contributed by atoms with Crippen molar-refractivity contribution in [2.75, 3.05) is 26.4 Å². The molecule has 2 unspecified atom stereocenters. The zero-order chi connectivity index (χ0) is 33.5. The summed E-state index contributed by atoms with van der Waals surface area (Å²) in [5.41, 5.74) is -4.66. The molecule has 0 aromatic heterocycles.